The van der Waals surface area contributed by atoms with Gasteiger partial charge >= 0.3 is 5.97 Å². The predicted molar refractivity (Wildman–Crippen MR) is 74.8 cm³/mol. The van der Waals surface area contributed by atoms with Gasteiger partial charge in [0.15, 0.2) is 5.82 Å². The molecular weight excluding hydrogens is 274 g/mol. The number of anilines is 1. The van der Waals surface area contributed by atoms with Crippen LogP contribution in [0.1, 0.15) is 25.6 Å². The van der Waals surface area contributed by atoms with Crippen molar-refractivity contribution < 1.29 is 14.7 Å². The van der Waals surface area contributed by atoms with Crippen molar-refractivity contribution >= 4 is 17.7 Å². The lowest BCUT2D eigenvalue weighted by atomic mass is 10.3. The van der Waals surface area contributed by atoms with E-state index in [0.717, 1.165) is 0 Å². The monoisotopic (exact) mass is 291 g/mol. The molecule has 1 amide bonds. The van der Waals surface area contributed by atoms with Crippen LogP contribution in [0.2, 0.25) is 0 Å². The zero-order chi connectivity index (χ0) is 15.4. The van der Waals surface area contributed by atoms with E-state index >= 15 is 0 Å². The maximum absolute atomic E-state index is 11.9. The van der Waals surface area contributed by atoms with Crippen LogP contribution in [-0.4, -0.2) is 36.5 Å². The van der Waals surface area contributed by atoms with Crippen molar-refractivity contribution in [3.8, 4) is 0 Å². The van der Waals surface area contributed by atoms with E-state index in [1.165, 1.54) is 10.9 Å². The number of carboxylic acids is 1. The molecule has 8 nitrogen and oxygen atoms in total. The van der Waals surface area contributed by atoms with Gasteiger partial charge in [0, 0.05) is 24.5 Å². The summed E-state index contributed by atoms with van der Waals surface area (Å²) in [5.74, 6) is -0.913. The van der Waals surface area contributed by atoms with Gasteiger partial charge in [-0.3, -0.25) is 19.0 Å². The first-order valence-corrected chi connectivity index (χ1v) is 6.53. The van der Waals surface area contributed by atoms with Gasteiger partial charge in [0.25, 0.3) is 0 Å². The molecule has 0 aliphatic heterocycles. The minimum Gasteiger partial charge on any atom is -0.480 e. The summed E-state index contributed by atoms with van der Waals surface area (Å²) >= 11 is 0. The van der Waals surface area contributed by atoms with Crippen LogP contribution in [0.3, 0.4) is 0 Å². The molecule has 0 unspecified atom stereocenters. The summed E-state index contributed by atoms with van der Waals surface area (Å²) in [6, 6.07) is 3.59. The second kappa shape index (κ2) is 6.21. The largest absolute Gasteiger partial charge is 0.480 e. The molecule has 2 aromatic rings. The number of carbonyl (C=O) groups is 2. The summed E-state index contributed by atoms with van der Waals surface area (Å²) in [7, 11) is 0. The van der Waals surface area contributed by atoms with E-state index in [9.17, 15) is 9.59 Å². The molecule has 2 rings (SSSR count). The lowest BCUT2D eigenvalue weighted by Crippen LogP contribution is -2.16. The third-order valence-corrected chi connectivity index (χ3v) is 2.74. The summed E-state index contributed by atoms with van der Waals surface area (Å²) in [6.45, 7) is 3.77. The lowest BCUT2D eigenvalue weighted by molar-refractivity contribution is -0.137. The van der Waals surface area contributed by atoms with Gasteiger partial charge < -0.3 is 10.4 Å². The van der Waals surface area contributed by atoms with Gasteiger partial charge in [-0.2, -0.15) is 10.2 Å². The number of rotatable bonds is 6. The van der Waals surface area contributed by atoms with Gasteiger partial charge in [0.05, 0.1) is 12.1 Å². The Morgan fingerprint density at radius 2 is 2.05 bits per heavy atom. The fourth-order valence-corrected chi connectivity index (χ4v) is 1.77. The molecule has 0 spiro atoms. The number of aliphatic carboxylic acids is 1. The van der Waals surface area contributed by atoms with Crippen LogP contribution in [0.5, 0.6) is 0 Å². The summed E-state index contributed by atoms with van der Waals surface area (Å²) in [5.41, 5.74) is 0.672. The van der Waals surface area contributed by atoms with Crippen LogP contribution in [0.15, 0.2) is 24.5 Å². The minimum absolute atomic E-state index is 0.144. The Kier molecular flexibility index (Phi) is 4.36. The Morgan fingerprint density at radius 3 is 2.67 bits per heavy atom. The number of nitrogens with zero attached hydrogens (tertiary/aromatic N) is 4. The highest BCUT2D eigenvalue weighted by Gasteiger charge is 2.10. The summed E-state index contributed by atoms with van der Waals surface area (Å²) < 4.78 is 3.02. The highest BCUT2D eigenvalue weighted by atomic mass is 16.4. The first kappa shape index (κ1) is 14.8. The molecule has 8 heteroatoms. The Morgan fingerprint density at radius 1 is 1.29 bits per heavy atom. The second-order valence-corrected chi connectivity index (χ2v) is 4.90. The van der Waals surface area contributed by atoms with E-state index in [1.807, 2.05) is 20.0 Å². The first-order chi connectivity index (χ1) is 9.94. The summed E-state index contributed by atoms with van der Waals surface area (Å²) in [6.07, 6.45) is 3.47. The number of amides is 1. The second-order valence-electron chi connectivity index (χ2n) is 4.90. The number of hydrogen-bond donors (Lipinski definition) is 2. The van der Waals surface area contributed by atoms with Crippen LogP contribution in [0.4, 0.5) is 5.82 Å². The Labute approximate surface area is 121 Å². The molecule has 0 bridgehead atoms. The first-order valence-electron chi connectivity index (χ1n) is 6.53. The molecule has 0 saturated heterocycles. The fourth-order valence-electron chi connectivity index (χ4n) is 1.77. The Bertz CT molecular complexity index is 644. The van der Waals surface area contributed by atoms with Gasteiger partial charge in [-0.1, -0.05) is 0 Å². The van der Waals surface area contributed by atoms with Crippen LogP contribution in [-0.2, 0) is 22.6 Å². The molecule has 0 aliphatic rings. The van der Waals surface area contributed by atoms with Gasteiger partial charge in [0.2, 0.25) is 5.91 Å². The number of nitrogens with one attached hydrogen (secondary N) is 1. The number of hydrogen-bond acceptors (Lipinski definition) is 4. The standard InChI is InChI=1S/C13H17N5O3/c1-9(2)18-6-3-10(15-18)7-12(19)14-11-4-5-17(16-11)8-13(20)21/h3-6,9H,7-8H2,1-2H3,(H,20,21)(H,14,16,19). The number of aromatic nitrogens is 4. The van der Waals surface area contributed by atoms with Crippen molar-refractivity contribution in [1.82, 2.24) is 19.6 Å². The molecule has 2 N–H and O–H groups in total. The number of carbonyl (C=O) groups excluding carboxylic acids is 1. The zero-order valence-electron chi connectivity index (χ0n) is 11.9. The van der Waals surface area contributed by atoms with Crippen molar-refractivity contribution in [3.05, 3.63) is 30.2 Å². The van der Waals surface area contributed by atoms with E-state index in [4.69, 9.17) is 5.11 Å². The maximum Gasteiger partial charge on any atom is 0.325 e. The molecule has 0 fully saturated rings. The molecule has 0 atom stereocenters. The summed E-state index contributed by atoms with van der Waals surface area (Å²) in [5, 5.41) is 19.5. The molecular formula is C13H17N5O3. The zero-order valence-corrected chi connectivity index (χ0v) is 11.9. The quantitative estimate of drug-likeness (QED) is 0.824. The molecule has 0 saturated carbocycles. The van der Waals surface area contributed by atoms with Crippen molar-refractivity contribution in [2.24, 2.45) is 0 Å². The molecule has 0 radical (unpaired) electrons. The van der Waals surface area contributed by atoms with Crippen LogP contribution < -0.4 is 5.32 Å². The van der Waals surface area contributed by atoms with Gasteiger partial charge in [-0.05, 0) is 19.9 Å². The lowest BCUT2D eigenvalue weighted by Gasteiger charge is -2.04. The van der Waals surface area contributed by atoms with Crippen molar-refractivity contribution in [2.75, 3.05) is 5.32 Å². The highest BCUT2D eigenvalue weighted by molar-refractivity contribution is 5.91. The normalized spacial score (nSPS) is 10.8. The highest BCUT2D eigenvalue weighted by Crippen LogP contribution is 2.07. The smallest absolute Gasteiger partial charge is 0.325 e. The minimum atomic E-state index is -0.991. The van der Waals surface area contributed by atoms with Crippen molar-refractivity contribution in [2.45, 2.75) is 32.9 Å². The van der Waals surface area contributed by atoms with Crippen LogP contribution >= 0.6 is 0 Å². The third-order valence-electron chi connectivity index (χ3n) is 2.74. The van der Waals surface area contributed by atoms with E-state index in [-0.39, 0.29) is 24.9 Å². The van der Waals surface area contributed by atoms with Crippen LogP contribution in [0, 0.1) is 0 Å². The van der Waals surface area contributed by atoms with Gasteiger partial charge in [-0.25, -0.2) is 0 Å². The van der Waals surface area contributed by atoms with Gasteiger partial charge in [-0.15, -0.1) is 0 Å². The molecule has 0 aliphatic carbocycles. The van der Waals surface area contributed by atoms with Crippen molar-refractivity contribution in [3.63, 3.8) is 0 Å². The van der Waals surface area contributed by atoms with E-state index in [2.05, 4.69) is 15.5 Å². The fraction of sp³-hybridized carbons (Fsp3) is 0.385. The number of carboxylic acid groups (broad SMARTS) is 1. The SMILES string of the molecule is CC(C)n1ccc(CC(=O)Nc2ccn(CC(=O)O)n2)n1. The molecule has 21 heavy (non-hydrogen) atoms. The average Bonchev–Trinajstić information content (AvgIpc) is 2.98. The Hall–Kier alpha value is -2.64. The molecule has 2 heterocycles. The van der Waals surface area contributed by atoms with E-state index in [1.54, 1.807) is 16.8 Å². The predicted octanol–water partition coefficient (Wildman–Crippen LogP) is 0.926. The average molecular weight is 291 g/mol. The maximum atomic E-state index is 11.9. The van der Waals surface area contributed by atoms with E-state index in [0.29, 0.717) is 11.5 Å². The Balaban J connectivity index is 1.91. The van der Waals surface area contributed by atoms with E-state index < -0.39 is 5.97 Å². The molecule has 112 valence electrons. The van der Waals surface area contributed by atoms with Crippen LogP contribution in [0.25, 0.3) is 0 Å². The molecule has 0 aromatic carbocycles. The van der Waals surface area contributed by atoms with Crippen molar-refractivity contribution in [1.29, 1.82) is 0 Å². The topological polar surface area (TPSA) is 102 Å². The third kappa shape index (κ3) is 4.16. The van der Waals surface area contributed by atoms with Gasteiger partial charge in [0.1, 0.15) is 6.54 Å². The summed E-state index contributed by atoms with van der Waals surface area (Å²) in [4.78, 5) is 22.4. The molecule has 2 aromatic heterocycles.